The average Bonchev–Trinajstić information content (AvgIpc) is 2.94. The highest BCUT2D eigenvalue weighted by Gasteiger charge is 2.22. The minimum absolute atomic E-state index is 0.741. The molecule has 1 N–H and O–H groups in total. The quantitative estimate of drug-likeness (QED) is 0.795. The van der Waals surface area contributed by atoms with E-state index in [4.69, 9.17) is 9.72 Å². The van der Waals surface area contributed by atoms with Crippen molar-refractivity contribution < 1.29 is 4.74 Å². The molecule has 2 heterocycles. The number of nitrogens with zero attached hydrogens (tertiary/aromatic N) is 3. The van der Waals surface area contributed by atoms with Crippen LogP contribution in [0.1, 0.15) is 31.9 Å². The Morgan fingerprint density at radius 1 is 1.38 bits per heavy atom. The number of anilines is 1. The molecule has 0 unspecified atom stereocenters. The van der Waals surface area contributed by atoms with Crippen LogP contribution in [0.15, 0.2) is 6.20 Å². The molecule has 21 heavy (non-hydrogen) atoms. The zero-order chi connectivity index (χ0) is 15.1. The van der Waals surface area contributed by atoms with E-state index < -0.39 is 0 Å². The number of methoxy groups -OCH3 is 1. The number of rotatable bonds is 8. The van der Waals surface area contributed by atoms with Crippen molar-refractivity contribution in [3.63, 3.8) is 0 Å². The molecule has 1 aromatic heterocycles. The van der Waals surface area contributed by atoms with Gasteiger partial charge in [-0.2, -0.15) is 0 Å². The molecule has 1 saturated heterocycles. The molecule has 1 aliphatic heterocycles. The van der Waals surface area contributed by atoms with Gasteiger partial charge in [-0.05, 0) is 45.2 Å². The first-order chi connectivity index (χ1) is 10.3. The van der Waals surface area contributed by atoms with Crippen LogP contribution in [0.3, 0.4) is 0 Å². The zero-order valence-electron chi connectivity index (χ0n) is 13.8. The Morgan fingerprint density at radius 2 is 2.14 bits per heavy atom. The maximum Gasteiger partial charge on any atom is 0.205 e. The Morgan fingerprint density at radius 3 is 2.76 bits per heavy atom. The monoisotopic (exact) mass is 294 g/mol. The smallest absolute Gasteiger partial charge is 0.205 e. The lowest BCUT2D eigenvalue weighted by Crippen LogP contribution is -2.36. The third kappa shape index (κ3) is 4.45. The lowest BCUT2D eigenvalue weighted by Gasteiger charge is -2.33. The Hall–Kier alpha value is -1.07. The van der Waals surface area contributed by atoms with Crippen molar-refractivity contribution >= 4 is 5.95 Å². The summed E-state index contributed by atoms with van der Waals surface area (Å²) in [6.07, 6.45) is 7.02. The highest BCUT2D eigenvalue weighted by molar-refractivity contribution is 5.34. The molecule has 5 nitrogen and oxygen atoms in total. The predicted molar refractivity (Wildman–Crippen MR) is 87.0 cm³/mol. The summed E-state index contributed by atoms with van der Waals surface area (Å²) in [5, 5.41) is 3.26. The fourth-order valence-corrected chi connectivity index (χ4v) is 3.01. The molecule has 0 bridgehead atoms. The van der Waals surface area contributed by atoms with Crippen molar-refractivity contribution in [2.45, 2.75) is 39.2 Å². The van der Waals surface area contributed by atoms with E-state index in [0.717, 1.165) is 51.1 Å². The Bertz CT molecular complexity index is 410. The summed E-state index contributed by atoms with van der Waals surface area (Å²) >= 11 is 0. The van der Waals surface area contributed by atoms with Crippen LogP contribution in [0.2, 0.25) is 0 Å². The van der Waals surface area contributed by atoms with Gasteiger partial charge in [0.25, 0.3) is 0 Å². The second-order valence-electron chi connectivity index (χ2n) is 5.89. The fraction of sp³-hybridized carbons (Fsp3) is 0.812. The second-order valence-corrected chi connectivity index (χ2v) is 5.89. The molecule has 0 aliphatic carbocycles. The molecule has 1 aliphatic rings. The number of hydrogen-bond donors (Lipinski definition) is 1. The molecule has 1 fully saturated rings. The third-order valence-electron chi connectivity index (χ3n) is 4.40. The van der Waals surface area contributed by atoms with Crippen molar-refractivity contribution in [2.24, 2.45) is 5.92 Å². The van der Waals surface area contributed by atoms with Gasteiger partial charge >= 0.3 is 0 Å². The standard InChI is InChI=1S/C16H30N4O/c1-4-15-13-20(11-12-21-3)16(18-15)19-9-6-14(7-10-19)5-8-17-2/h13-14,17H,4-12H2,1-3H3. The van der Waals surface area contributed by atoms with Gasteiger partial charge in [0.15, 0.2) is 0 Å². The summed E-state index contributed by atoms with van der Waals surface area (Å²) in [6.45, 7) is 7.18. The molecule has 120 valence electrons. The minimum Gasteiger partial charge on any atom is -0.383 e. The van der Waals surface area contributed by atoms with E-state index in [2.05, 4.69) is 27.9 Å². The molecule has 5 heteroatoms. The van der Waals surface area contributed by atoms with Gasteiger partial charge in [-0.25, -0.2) is 4.98 Å². The van der Waals surface area contributed by atoms with E-state index in [-0.39, 0.29) is 0 Å². The van der Waals surface area contributed by atoms with E-state index in [1.165, 1.54) is 25.0 Å². The second kappa shape index (κ2) is 8.39. The Kier molecular flexibility index (Phi) is 6.51. The maximum absolute atomic E-state index is 5.22. The van der Waals surface area contributed by atoms with Gasteiger partial charge in [0, 0.05) is 32.9 Å². The Balaban J connectivity index is 1.96. The number of ether oxygens (including phenoxy) is 1. The van der Waals surface area contributed by atoms with Crippen LogP contribution in [-0.2, 0) is 17.7 Å². The predicted octanol–water partition coefficient (Wildman–Crippen LogP) is 1.92. The number of imidazole rings is 1. The molecule has 0 radical (unpaired) electrons. The SMILES string of the molecule is CCc1cn(CCOC)c(N2CCC(CCNC)CC2)n1. The summed E-state index contributed by atoms with van der Waals surface area (Å²) in [4.78, 5) is 7.26. The first-order valence-corrected chi connectivity index (χ1v) is 8.23. The molecular weight excluding hydrogens is 264 g/mol. The van der Waals surface area contributed by atoms with Gasteiger partial charge in [0.1, 0.15) is 0 Å². The van der Waals surface area contributed by atoms with Gasteiger partial charge in [-0.15, -0.1) is 0 Å². The van der Waals surface area contributed by atoms with Crippen molar-refractivity contribution in [2.75, 3.05) is 45.3 Å². The number of piperidine rings is 1. The first-order valence-electron chi connectivity index (χ1n) is 8.23. The Labute approximate surface area is 128 Å². The van der Waals surface area contributed by atoms with Crippen molar-refractivity contribution in [1.29, 1.82) is 0 Å². The van der Waals surface area contributed by atoms with Crippen LogP contribution < -0.4 is 10.2 Å². The highest BCUT2D eigenvalue weighted by atomic mass is 16.5. The molecule has 0 spiro atoms. The van der Waals surface area contributed by atoms with Crippen molar-refractivity contribution in [3.8, 4) is 0 Å². The molecule has 0 aromatic carbocycles. The van der Waals surface area contributed by atoms with Crippen LogP contribution in [-0.4, -0.2) is 49.9 Å². The van der Waals surface area contributed by atoms with Crippen LogP contribution in [0.4, 0.5) is 5.95 Å². The van der Waals surface area contributed by atoms with Crippen LogP contribution in [0, 0.1) is 5.92 Å². The first kappa shape index (κ1) is 16.3. The fourth-order valence-electron chi connectivity index (χ4n) is 3.01. The molecule has 0 amide bonds. The van der Waals surface area contributed by atoms with E-state index in [9.17, 15) is 0 Å². The number of aromatic nitrogens is 2. The molecular formula is C16H30N4O. The van der Waals surface area contributed by atoms with Crippen molar-refractivity contribution in [1.82, 2.24) is 14.9 Å². The largest absolute Gasteiger partial charge is 0.383 e. The van der Waals surface area contributed by atoms with E-state index in [1.54, 1.807) is 7.11 Å². The summed E-state index contributed by atoms with van der Waals surface area (Å²) in [5.74, 6) is 2.00. The summed E-state index contributed by atoms with van der Waals surface area (Å²) in [6, 6.07) is 0. The lowest BCUT2D eigenvalue weighted by molar-refractivity contribution is 0.187. The highest BCUT2D eigenvalue weighted by Crippen LogP contribution is 2.25. The normalized spacial score (nSPS) is 16.6. The zero-order valence-corrected chi connectivity index (χ0v) is 13.8. The molecule has 2 rings (SSSR count). The van der Waals surface area contributed by atoms with E-state index in [1.807, 2.05) is 7.05 Å². The van der Waals surface area contributed by atoms with Gasteiger partial charge < -0.3 is 19.5 Å². The topological polar surface area (TPSA) is 42.3 Å². The van der Waals surface area contributed by atoms with E-state index in [0.29, 0.717) is 0 Å². The van der Waals surface area contributed by atoms with Gasteiger partial charge in [-0.3, -0.25) is 0 Å². The third-order valence-corrected chi connectivity index (χ3v) is 4.40. The molecule has 1 aromatic rings. The van der Waals surface area contributed by atoms with Crippen LogP contribution >= 0.6 is 0 Å². The summed E-state index contributed by atoms with van der Waals surface area (Å²) in [7, 11) is 3.79. The summed E-state index contributed by atoms with van der Waals surface area (Å²) in [5.41, 5.74) is 1.18. The summed E-state index contributed by atoms with van der Waals surface area (Å²) < 4.78 is 7.48. The van der Waals surface area contributed by atoms with Crippen LogP contribution in [0.5, 0.6) is 0 Å². The number of hydrogen-bond acceptors (Lipinski definition) is 4. The number of nitrogens with one attached hydrogen (secondary N) is 1. The minimum atomic E-state index is 0.741. The average molecular weight is 294 g/mol. The van der Waals surface area contributed by atoms with E-state index >= 15 is 0 Å². The van der Waals surface area contributed by atoms with Crippen molar-refractivity contribution in [3.05, 3.63) is 11.9 Å². The van der Waals surface area contributed by atoms with Gasteiger partial charge in [-0.1, -0.05) is 6.92 Å². The lowest BCUT2D eigenvalue weighted by atomic mass is 9.94. The van der Waals surface area contributed by atoms with Crippen LogP contribution in [0.25, 0.3) is 0 Å². The van der Waals surface area contributed by atoms with Gasteiger partial charge in [0.05, 0.1) is 12.3 Å². The molecule has 0 atom stereocenters. The molecule has 0 saturated carbocycles. The van der Waals surface area contributed by atoms with Gasteiger partial charge in [0.2, 0.25) is 5.95 Å². The number of aryl methyl sites for hydroxylation is 1. The maximum atomic E-state index is 5.22.